The molecule has 1 aliphatic carbocycles. The lowest BCUT2D eigenvalue weighted by Crippen LogP contribution is -2.19. The van der Waals surface area contributed by atoms with E-state index >= 15 is 0 Å². The molecule has 3 atom stereocenters. The van der Waals surface area contributed by atoms with E-state index in [2.05, 4.69) is 20.8 Å². The molecule has 2 aliphatic rings. The van der Waals surface area contributed by atoms with Crippen LogP contribution >= 0.6 is 0 Å². The SMILES string of the molecule is CC(C)(C)C1C[C@@H]2CS(=O)(=O)C[C@@H]2C1. The van der Waals surface area contributed by atoms with Crippen LogP contribution in [0.25, 0.3) is 0 Å². The van der Waals surface area contributed by atoms with Gasteiger partial charge in [0.1, 0.15) is 0 Å². The minimum Gasteiger partial charge on any atom is -0.229 e. The van der Waals surface area contributed by atoms with Crippen LogP contribution in [0.4, 0.5) is 0 Å². The van der Waals surface area contributed by atoms with Gasteiger partial charge in [0.05, 0.1) is 11.5 Å². The molecule has 0 spiro atoms. The van der Waals surface area contributed by atoms with Crippen molar-refractivity contribution in [3.8, 4) is 0 Å². The highest BCUT2D eigenvalue weighted by molar-refractivity contribution is 7.91. The van der Waals surface area contributed by atoms with Crippen LogP contribution in [-0.4, -0.2) is 19.9 Å². The summed E-state index contributed by atoms with van der Waals surface area (Å²) >= 11 is 0. The van der Waals surface area contributed by atoms with Gasteiger partial charge in [0.25, 0.3) is 0 Å². The summed E-state index contributed by atoms with van der Waals surface area (Å²) in [5.74, 6) is 2.61. The van der Waals surface area contributed by atoms with E-state index in [0.717, 1.165) is 18.8 Å². The van der Waals surface area contributed by atoms with Gasteiger partial charge in [-0.05, 0) is 36.0 Å². The second-order valence-corrected chi connectivity index (χ2v) is 8.29. The maximum Gasteiger partial charge on any atom is 0.150 e. The summed E-state index contributed by atoms with van der Waals surface area (Å²) in [6.45, 7) is 6.81. The fraction of sp³-hybridized carbons (Fsp3) is 1.00. The van der Waals surface area contributed by atoms with Gasteiger partial charge in [-0.25, -0.2) is 8.42 Å². The first kappa shape index (κ1) is 10.5. The summed E-state index contributed by atoms with van der Waals surface area (Å²) in [6.07, 6.45) is 2.26. The third kappa shape index (κ3) is 1.83. The minimum atomic E-state index is -2.67. The quantitative estimate of drug-likeness (QED) is 0.621. The Morgan fingerprint density at radius 1 is 1.00 bits per heavy atom. The van der Waals surface area contributed by atoms with Crippen molar-refractivity contribution in [3.63, 3.8) is 0 Å². The zero-order valence-corrected chi connectivity index (χ0v) is 10.1. The molecule has 1 aliphatic heterocycles. The standard InChI is InChI=1S/C11H20O2S/c1-11(2,3)10-4-8-6-14(12,13)7-9(8)5-10/h8-10H,4-7H2,1-3H3/t8-,9+,10?. The number of rotatable bonds is 0. The van der Waals surface area contributed by atoms with E-state index in [1.165, 1.54) is 0 Å². The Balaban J connectivity index is 2.07. The number of hydrogen-bond donors (Lipinski definition) is 0. The molecule has 1 unspecified atom stereocenters. The smallest absolute Gasteiger partial charge is 0.150 e. The van der Waals surface area contributed by atoms with E-state index in [1.54, 1.807) is 0 Å². The van der Waals surface area contributed by atoms with Gasteiger partial charge in [0.2, 0.25) is 0 Å². The van der Waals surface area contributed by atoms with Gasteiger partial charge in [-0.3, -0.25) is 0 Å². The van der Waals surface area contributed by atoms with E-state index in [1.807, 2.05) is 0 Å². The Morgan fingerprint density at radius 2 is 1.43 bits per heavy atom. The van der Waals surface area contributed by atoms with E-state index in [9.17, 15) is 8.42 Å². The molecule has 0 bridgehead atoms. The highest BCUT2D eigenvalue weighted by Gasteiger charge is 2.46. The van der Waals surface area contributed by atoms with Gasteiger partial charge in [0.15, 0.2) is 9.84 Å². The molecule has 82 valence electrons. The van der Waals surface area contributed by atoms with E-state index < -0.39 is 9.84 Å². The van der Waals surface area contributed by atoms with Crippen molar-refractivity contribution in [2.75, 3.05) is 11.5 Å². The fourth-order valence-corrected chi connectivity index (χ4v) is 5.31. The molecule has 0 aromatic carbocycles. The Morgan fingerprint density at radius 3 is 1.79 bits per heavy atom. The maximum absolute atomic E-state index is 11.4. The molecule has 0 N–H and O–H groups in total. The lowest BCUT2D eigenvalue weighted by atomic mass is 9.79. The topological polar surface area (TPSA) is 34.1 Å². The van der Waals surface area contributed by atoms with E-state index in [0.29, 0.717) is 28.8 Å². The van der Waals surface area contributed by atoms with Crippen LogP contribution in [0.1, 0.15) is 33.6 Å². The van der Waals surface area contributed by atoms with Crippen molar-refractivity contribution in [1.29, 1.82) is 0 Å². The van der Waals surface area contributed by atoms with Crippen LogP contribution in [0.3, 0.4) is 0 Å². The molecule has 14 heavy (non-hydrogen) atoms. The van der Waals surface area contributed by atoms with Crippen LogP contribution in [-0.2, 0) is 9.84 Å². The second kappa shape index (κ2) is 2.97. The lowest BCUT2D eigenvalue weighted by molar-refractivity contribution is 0.237. The van der Waals surface area contributed by atoms with Gasteiger partial charge >= 0.3 is 0 Å². The Kier molecular flexibility index (Phi) is 2.22. The molecule has 0 aromatic heterocycles. The zero-order valence-electron chi connectivity index (χ0n) is 9.29. The van der Waals surface area contributed by atoms with Crippen LogP contribution in [0.5, 0.6) is 0 Å². The van der Waals surface area contributed by atoms with Gasteiger partial charge in [0, 0.05) is 0 Å². The highest BCUT2D eigenvalue weighted by atomic mass is 32.2. The molecule has 2 nitrogen and oxygen atoms in total. The van der Waals surface area contributed by atoms with Crippen molar-refractivity contribution >= 4 is 9.84 Å². The van der Waals surface area contributed by atoms with Crippen LogP contribution < -0.4 is 0 Å². The minimum absolute atomic E-state index is 0.355. The Hall–Kier alpha value is -0.0500. The molecular formula is C11H20O2S. The van der Waals surface area contributed by atoms with Gasteiger partial charge in [-0.15, -0.1) is 0 Å². The first-order chi connectivity index (χ1) is 6.28. The first-order valence-electron chi connectivity index (χ1n) is 5.48. The van der Waals surface area contributed by atoms with Crippen LogP contribution in [0, 0.1) is 23.2 Å². The average molecular weight is 216 g/mol. The third-order valence-electron chi connectivity index (χ3n) is 4.00. The normalized spacial score (nSPS) is 41.2. The van der Waals surface area contributed by atoms with Gasteiger partial charge in [-0.1, -0.05) is 20.8 Å². The zero-order chi connectivity index (χ0) is 10.6. The van der Waals surface area contributed by atoms with Gasteiger partial charge < -0.3 is 0 Å². The molecule has 1 saturated carbocycles. The van der Waals surface area contributed by atoms with Gasteiger partial charge in [-0.2, -0.15) is 0 Å². The van der Waals surface area contributed by atoms with Crippen molar-refractivity contribution in [2.24, 2.45) is 23.2 Å². The predicted octanol–water partition coefficient (Wildman–Crippen LogP) is 2.10. The van der Waals surface area contributed by atoms with Crippen molar-refractivity contribution in [3.05, 3.63) is 0 Å². The Labute approximate surface area is 87.0 Å². The molecule has 3 heteroatoms. The summed E-state index contributed by atoms with van der Waals surface area (Å²) in [5.41, 5.74) is 0.355. The summed E-state index contributed by atoms with van der Waals surface area (Å²) in [5, 5.41) is 0. The van der Waals surface area contributed by atoms with Crippen molar-refractivity contribution in [1.82, 2.24) is 0 Å². The molecule has 1 heterocycles. The molecule has 0 radical (unpaired) electrons. The summed E-state index contributed by atoms with van der Waals surface area (Å²) < 4.78 is 22.8. The summed E-state index contributed by atoms with van der Waals surface area (Å²) in [4.78, 5) is 0. The summed E-state index contributed by atoms with van der Waals surface area (Å²) in [6, 6.07) is 0. The highest BCUT2D eigenvalue weighted by Crippen LogP contribution is 2.48. The molecule has 2 rings (SSSR count). The monoisotopic (exact) mass is 216 g/mol. The third-order valence-corrected chi connectivity index (χ3v) is 5.87. The maximum atomic E-state index is 11.4. The number of hydrogen-bond acceptors (Lipinski definition) is 2. The van der Waals surface area contributed by atoms with Crippen LogP contribution in [0.2, 0.25) is 0 Å². The Bertz CT molecular complexity index is 304. The van der Waals surface area contributed by atoms with E-state index in [-0.39, 0.29) is 0 Å². The molecule has 2 fully saturated rings. The molecule has 1 saturated heterocycles. The van der Waals surface area contributed by atoms with Crippen molar-refractivity contribution in [2.45, 2.75) is 33.6 Å². The molecular weight excluding hydrogens is 196 g/mol. The average Bonchev–Trinajstić information content (AvgIpc) is 2.37. The van der Waals surface area contributed by atoms with Crippen molar-refractivity contribution < 1.29 is 8.42 Å². The second-order valence-electron chi connectivity index (χ2n) is 6.13. The largest absolute Gasteiger partial charge is 0.229 e. The van der Waals surface area contributed by atoms with E-state index in [4.69, 9.17) is 0 Å². The van der Waals surface area contributed by atoms with Crippen LogP contribution in [0.15, 0.2) is 0 Å². The molecule has 0 amide bonds. The lowest BCUT2D eigenvalue weighted by Gasteiger charge is -2.27. The number of sulfone groups is 1. The fourth-order valence-electron chi connectivity index (χ4n) is 3.05. The number of fused-ring (bicyclic) bond motifs is 1. The summed E-state index contributed by atoms with van der Waals surface area (Å²) in [7, 11) is -2.67. The molecule has 0 aromatic rings. The predicted molar refractivity (Wildman–Crippen MR) is 57.8 cm³/mol. The first-order valence-corrected chi connectivity index (χ1v) is 7.30.